The van der Waals surface area contributed by atoms with Crippen molar-refractivity contribution in [2.45, 2.75) is 37.6 Å². The number of amides is 1. The van der Waals surface area contributed by atoms with Gasteiger partial charge in [0.2, 0.25) is 5.91 Å². The van der Waals surface area contributed by atoms with Crippen LogP contribution in [0.15, 0.2) is 33.6 Å². The van der Waals surface area contributed by atoms with E-state index in [1.807, 2.05) is 18.7 Å². The van der Waals surface area contributed by atoms with Gasteiger partial charge in [-0.2, -0.15) is 8.42 Å². The molecule has 0 bridgehead atoms. The van der Waals surface area contributed by atoms with E-state index in [1.54, 1.807) is 36.2 Å². The zero-order valence-corrected chi connectivity index (χ0v) is 16.3. The maximum Gasteiger partial charge on any atom is 0.285 e. The Morgan fingerprint density at radius 3 is 2.77 bits per heavy atom. The summed E-state index contributed by atoms with van der Waals surface area (Å²) in [5.74, 6) is 0.372. The largest absolute Gasteiger partial charge is 0.343 e. The lowest BCUT2D eigenvalue weighted by Crippen LogP contribution is -2.49. The number of amidine groups is 1. The molecule has 8 heteroatoms. The molecule has 1 unspecified atom stereocenters. The van der Waals surface area contributed by atoms with Crippen LogP contribution in [0.3, 0.4) is 0 Å². The molecule has 0 spiro atoms. The highest BCUT2D eigenvalue weighted by Crippen LogP contribution is 2.31. The predicted octanol–water partition coefficient (Wildman–Crippen LogP) is 1.04. The first kappa shape index (κ1) is 18.8. The van der Waals surface area contributed by atoms with Gasteiger partial charge in [-0.1, -0.05) is 26.0 Å². The number of carbonyl (C=O) groups excluding carboxylic acids is 1. The lowest BCUT2D eigenvalue weighted by molar-refractivity contribution is -0.134. The molecule has 0 aromatic heterocycles. The summed E-state index contributed by atoms with van der Waals surface area (Å²) in [4.78, 5) is 16.8. The molecule has 2 aliphatic heterocycles. The second kappa shape index (κ2) is 6.66. The van der Waals surface area contributed by atoms with Crippen LogP contribution in [0.4, 0.5) is 0 Å². The van der Waals surface area contributed by atoms with Crippen molar-refractivity contribution in [1.29, 1.82) is 0 Å². The molecule has 2 N–H and O–H groups in total. The van der Waals surface area contributed by atoms with Crippen LogP contribution in [0.5, 0.6) is 0 Å². The fourth-order valence-corrected chi connectivity index (χ4v) is 4.83. The summed E-state index contributed by atoms with van der Waals surface area (Å²) in [6.45, 7) is 5.69. The van der Waals surface area contributed by atoms with Gasteiger partial charge < -0.3 is 15.5 Å². The molecule has 0 radical (unpaired) electrons. The lowest BCUT2D eigenvalue weighted by Gasteiger charge is -2.33. The van der Waals surface area contributed by atoms with Gasteiger partial charge in [0.15, 0.2) is 5.84 Å². The quantitative estimate of drug-likeness (QED) is 0.845. The van der Waals surface area contributed by atoms with Gasteiger partial charge in [0.1, 0.15) is 10.9 Å². The van der Waals surface area contributed by atoms with E-state index in [1.165, 1.54) is 0 Å². The predicted molar refractivity (Wildman–Crippen MR) is 100 cm³/mol. The van der Waals surface area contributed by atoms with E-state index in [0.717, 1.165) is 6.42 Å². The molecule has 1 aromatic carbocycles. The number of hydrogen-bond acceptors (Lipinski definition) is 5. The molecule has 1 saturated heterocycles. The third kappa shape index (κ3) is 3.35. The molecule has 1 amide bonds. The topological polar surface area (TPSA) is 96.1 Å². The van der Waals surface area contributed by atoms with Crippen molar-refractivity contribution in [2.75, 3.05) is 26.7 Å². The summed E-state index contributed by atoms with van der Waals surface area (Å²) in [5, 5.41) is 0. The molecule has 26 heavy (non-hydrogen) atoms. The van der Waals surface area contributed by atoms with Crippen LogP contribution < -0.4 is 5.73 Å². The Morgan fingerprint density at radius 1 is 1.38 bits per heavy atom. The number of fused-ring (bicyclic) bond motifs is 1. The van der Waals surface area contributed by atoms with Gasteiger partial charge in [0.25, 0.3) is 10.0 Å². The molecule has 2 heterocycles. The molecule has 7 nitrogen and oxygen atoms in total. The van der Waals surface area contributed by atoms with Gasteiger partial charge in [-0.05, 0) is 36.9 Å². The number of rotatable bonds is 4. The van der Waals surface area contributed by atoms with Gasteiger partial charge in [-0.3, -0.25) is 4.79 Å². The van der Waals surface area contributed by atoms with Crippen LogP contribution in [0.25, 0.3) is 0 Å². The lowest BCUT2D eigenvalue weighted by atomic mass is 9.93. The van der Waals surface area contributed by atoms with Crippen molar-refractivity contribution in [2.24, 2.45) is 15.5 Å². The van der Waals surface area contributed by atoms with Crippen LogP contribution in [0, 0.1) is 5.41 Å². The normalized spacial score (nSPS) is 21.5. The van der Waals surface area contributed by atoms with Crippen molar-refractivity contribution in [3.05, 3.63) is 29.8 Å². The molecule has 1 aromatic rings. The Balaban J connectivity index is 1.87. The van der Waals surface area contributed by atoms with Crippen LogP contribution >= 0.6 is 0 Å². The molecular weight excluding hydrogens is 352 g/mol. The minimum Gasteiger partial charge on any atom is -0.343 e. The third-order valence-corrected chi connectivity index (χ3v) is 6.34. The summed E-state index contributed by atoms with van der Waals surface area (Å²) in [7, 11) is -1.91. The zero-order chi connectivity index (χ0) is 19.1. The number of likely N-dealkylation sites (tertiary alicyclic amines) is 1. The summed E-state index contributed by atoms with van der Waals surface area (Å²) >= 11 is 0. The van der Waals surface area contributed by atoms with E-state index < -0.39 is 16.1 Å². The molecule has 2 aliphatic rings. The maximum atomic E-state index is 13.0. The van der Waals surface area contributed by atoms with Gasteiger partial charge in [-0.15, -0.1) is 4.40 Å². The van der Waals surface area contributed by atoms with E-state index in [4.69, 9.17) is 5.73 Å². The van der Waals surface area contributed by atoms with Crippen LogP contribution in [0.2, 0.25) is 0 Å². The Kier molecular flexibility index (Phi) is 4.83. The first-order valence-electron chi connectivity index (χ1n) is 8.82. The van der Waals surface area contributed by atoms with Crippen molar-refractivity contribution >= 4 is 21.8 Å². The second-order valence-corrected chi connectivity index (χ2v) is 9.37. The van der Waals surface area contributed by atoms with Crippen LogP contribution in [-0.2, 0) is 14.8 Å². The molecule has 0 aliphatic carbocycles. The Morgan fingerprint density at radius 2 is 2.08 bits per heavy atom. The van der Waals surface area contributed by atoms with Gasteiger partial charge in [0.05, 0.1) is 0 Å². The first-order valence-corrected chi connectivity index (χ1v) is 10.3. The summed E-state index contributed by atoms with van der Waals surface area (Å²) in [6.07, 6.45) is 1.51. The Bertz CT molecular complexity index is 848. The molecule has 1 atom stereocenters. The zero-order valence-electron chi connectivity index (χ0n) is 15.5. The average Bonchev–Trinajstić information content (AvgIpc) is 3.17. The fraction of sp³-hybridized carbons (Fsp3) is 0.556. The molecule has 3 rings (SSSR count). The number of benzene rings is 1. The highest BCUT2D eigenvalue weighted by atomic mass is 32.2. The SMILES string of the molecule is CN(CC(C)(C)CN)C(=O)C1CCCN1C1=NS(=O)(=O)c2ccccc21. The number of sulfonamides is 1. The average molecular weight is 378 g/mol. The number of hydrogen-bond donors (Lipinski definition) is 1. The standard InChI is InChI=1S/C18H26N4O3S/c1-18(2,11-19)12-21(3)17(23)14-8-6-10-22(14)16-13-7-4-5-9-15(13)26(24,25)20-16/h4-5,7,9,14H,6,8,10-12,19H2,1-3H3. The van der Waals surface area contributed by atoms with Crippen molar-refractivity contribution < 1.29 is 13.2 Å². The smallest absolute Gasteiger partial charge is 0.285 e. The van der Waals surface area contributed by atoms with Crippen LogP contribution in [-0.4, -0.2) is 62.7 Å². The first-order chi connectivity index (χ1) is 12.2. The number of likely N-dealkylation sites (N-methyl/N-ethyl adjacent to an activating group) is 1. The monoisotopic (exact) mass is 378 g/mol. The summed E-state index contributed by atoms with van der Waals surface area (Å²) in [5.41, 5.74) is 6.19. The highest BCUT2D eigenvalue weighted by molar-refractivity contribution is 7.90. The van der Waals surface area contributed by atoms with E-state index in [2.05, 4.69) is 4.40 Å². The second-order valence-electron chi connectivity index (χ2n) is 7.80. The third-order valence-electron chi connectivity index (χ3n) is 5.02. The number of nitrogens with two attached hydrogens (primary N) is 1. The Labute approximate surface area is 154 Å². The van der Waals surface area contributed by atoms with Gasteiger partial charge in [-0.25, -0.2) is 0 Å². The number of nitrogens with zero attached hydrogens (tertiary/aromatic N) is 3. The molecule has 142 valence electrons. The van der Waals surface area contributed by atoms with E-state index in [9.17, 15) is 13.2 Å². The molecule has 0 saturated carbocycles. The van der Waals surface area contributed by atoms with E-state index in [0.29, 0.717) is 37.5 Å². The van der Waals surface area contributed by atoms with Crippen molar-refractivity contribution in [3.63, 3.8) is 0 Å². The number of carbonyl (C=O) groups is 1. The Hall–Kier alpha value is -1.93. The van der Waals surface area contributed by atoms with Crippen molar-refractivity contribution in [1.82, 2.24) is 9.80 Å². The molecule has 1 fully saturated rings. The fourth-order valence-electron chi connectivity index (χ4n) is 3.61. The van der Waals surface area contributed by atoms with Crippen molar-refractivity contribution in [3.8, 4) is 0 Å². The van der Waals surface area contributed by atoms with E-state index >= 15 is 0 Å². The van der Waals surface area contributed by atoms with Gasteiger partial charge >= 0.3 is 0 Å². The maximum absolute atomic E-state index is 13.0. The highest BCUT2D eigenvalue weighted by Gasteiger charge is 2.40. The minimum atomic E-state index is -3.69. The van der Waals surface area contributed by atoms with E-state index in [-0.39, 0.29) is 16.2 Å². The minimum absolute atomic E-state index is 0.0199. The van der Waals surface area contributed by atoms with Crippen LogP contribution in [0.1, 0.15) is 32.3 Å². The molecular formula is C18H26N4O3S. The summed E-state index contributed by atoms with van der Waals surface area (Å²) < 4.78 is 28.6. The summed E-state index contributed by atoms with van der Waals surface area (Å²) in [6, 6.07) is 6.39. The van der Waals surface area contributed by atoms with Gasteiger partial charge in [0, 0.05) is 25.7 Å².